The van der Waals surface area contributed by atoms with Crippen molar-refractivity contribution in [2.24, 2.45) is 0 Å². The molecule has 3 heteroatoms. The number of aromatic nitrogens is 2. The number of aromatic amines is 1. The van der Waals surface area contributed by atoms with Gasteiger partial charge in [0.15, 0.2) is 0 Å². The average molecular weight is 185 g/mol. The second kappa shape index (κ2) is 3.15. The maximum absolute atomic E-state index is 8.69. The molecule has 0 aromatic carbocycles. The molecule has 0 aliphatic carbocycles. The van der Waals surface area contributed by atoms with E-state index in [1.165, 1.54) is 0 Å². The number of hydrogen-bond acceptors (Lipinski definition) is 2. The van der Waals surface area contributed by atoms with Crippen LogP contribution in [-0.2, 0) is 0 Å². The third-order valence-electron chi connectivity index (χ3n) is 2.23. The molecule has 0 radical (unpaired) electrons. The number of nitrogens with zero attached hydrogens (tertiary/aromatic N) is 2. The van der Waals surface area contributed by atoms with Crippen LogP contribution in [0.15, 0.2) is 18.2 Å². The Morgan fingerprint density at radius 1 is 1.43 bits per heavy atom. The molecule has 2 aromatic heterocycles. The molecule has 0 saturated heterocycles. The van der Waals surface area contributed by atoms with E-state index < -0.39 is 0 Å². The molecule has 0 fully saturated rings. The zero-order valence-corrected chi connectivity index (χ0v) is 8.20. The van der Waals surface area contributed by atoms with E-state index in [2.05, 4.69) is 23.8 Å². The summed E-state index contributed by atoms with van der Waals surface area (Å²) in [7, 11) is 0. The van der Waals surface area contributed by atoms with Crippen molar-refractivity contribution in [3.63, 3.8) is 0 Å². The van der Waals surface area contributed by atoms with Crippen LogP contribution in [0.4, 0.5) is 0 Å². The number of fused-ring (bicyclic) bond motifs is 1. The normalized spacial score (nSPS) is 10.7. The second-order valence-corrected chi connectivity index (χ2v) is 3.62. The largest absolute Gasteiger partial charge is 0.357 e. The van der Waals surface area contributed by atoms with Crippen molar-refractivity contribution in [1.29, 1.82) is 5.26 Å². The molecule has 2 heterocycles. The molecule has 0 bridgehead atoms. The van der Waals surface area contributed by atoms with Gasteiger partial charge in [-0.05, 0) is 24.1 Å². The smallest absolute Gasteiger partial charge is 0.141 e. The average Bonchev–Trinajstić information content (AvgIpc) is 2.59. The van der Waals surface area contributed by atoms with Crippen molar-refractivity contribution in [3.8, 4) is 6.07 Å². The fourth-order valence-corrected chi connectivity index (χ4v) is 1.40. The molecule has 0 saturated carbocycles. The van der Waals surface area contributed by atoms with Crippen LogP contribution >= 0.6 is 0 Å². The van der Waals surface area contributed by atoms with Crippen molar-refractivity contribution >= 4 is 11.0 Å². The minimum absolute atomic E-state index is 0.453. The number of nitriles is 1. The van der Waals surface area contributed by atoms with Crippen molar-refractivity contribution in [2.45, 2.75) is 19.8 Å². The van der Waals surface area contributed by atoms with Gasteiger partial charge in [-0.25, -0.2) is 4.98 Å². The monoisotopic (exact) mass is 185 g/mol. The molecular weight excluding hydrogens is 174 g/mol. The van der Waals surface area contributed by atoms with Gasteiger partial charge in [0.2, 0.25) is 0 Å². The zero-order chi connectivity index (χ0) is 10.1. The van der Waals surface area contributed by atoms with Crippen LogP contribution in [0, 0.1) is 11.3 Å². The summed E-state index contributed by atoms with van der Waals surface area (Å²) in [6.45, 7) is 4.24. The van der Waals surface area contributed by atoms with Gasteiger partial charge in [0.05, 0.1) is 11.0 Å². The molecule has 0 atom stereocenters. The first-order valence-corrected chi connectivity index (χ1v) is 4.60. The minimum atomic E-state index is 0.453. The predicted octanol–water partition coefficient (Wildman–Crippen LogP) is 2.56. The Labute approximate surface area is 82.4 Å². The predicted molar refractivity (Wildman–Crippen MR) is 54.9 cm³/mol. The minimum Gasteiger partial charge on any atom is -0.357 e. The molecule has 1 N–H and O–H groups in total. The maximum Gasteiger partial charge on any atom is 0.141 e. The summed E-state index contributed by atoms with van der Waals surface area (Å²) in [5.41, 5.74) is 3.48. The number of rotatable bonds is 1. The lowest BCUT2D eigenvalue weighted by atomic mass is 10.1. The van der Waals surface area contributed by atoms with Crippen LogP contribution in [0.3, 0.4) is 0 Å². The van der Waals surface area contributed by atoms with Gasteiger partial charge in [-0.15, -0.1) is 0 Å². The van der Waals surface area contributed by atoms with Gasteiger partial charge >= 0.3 is 0 Å². The van der Waals surface area contributed by atoms with E-state index in [0.29, 0.717) is 11.6 Å². The molecule has 0 aliphatic rings. The number of pyridine rings is 1. The Morgan fingerprint density at radius 2 is 2.21 bits per heavy atom. The standard InChI is InChI=1S/C11H11N3/c1-7(2)10-5-11-9(14-10)4-3-8(6-12)13-11/h3-5,7,14H,1-2H3. The highest BCUT2D eigenvalue weighted by molar-refractivity contribution is 5.76. The van der Waals surface area contributed by atoms with Crippen LogP contribution < -0.4 is 0 Å². The molecular formula is C11H11N3. The summed E-state index contributed by atoms with van der Waals surface area (Å²) in [4.78, 5) is 7.48. The fourth-order valence-electron chi connectivity index (χ4n) is 1.40. The molecule has 14 heavy (non-hydrogen) atoms. The fraction of sp³-hybridized carbons (Fsp3) is 0.273. The van der Waals surface area contributed by atoms with Gasteiger partial charge in [-0.1, -0.05) is 13.8 Å². The summed E-state index contributed by atoms with van der Waals surface area (Å²) in [5, 5.41) is 8.69. The summed E-state index contributed by atoms with van der Waals surface area (Å²) in [5.74, 6) is 0.453. The lowest BCUT2D eigenvalue weighted by molar-refractivity contribution is 0.836. The molecule has 0 spiro atoms. The SMILES string of the molecule is CC(C)c1cc2nc(C#N)ccc2[nH]1. The summed E-state index contributed by atoms with van der Waals surface area (Å²) < 4.78 is 0. The van der Waals surface area contributed by atoms with E-state index >= 15 is 0 Å². The van der Waals surface area contributed by atoms with E-state index in [1.54, 1.807) is 6.07 Å². The van der Waals surface area contributed by atoms with E-state index in [0.717, 1.165) is 16.7 Å². The Kier molecular flexibility index (Phi) is 1.97. The highest BCUT2D eigenvalue weighted by atomic mass is 14.8. The highest BCUT2D eigenvalue weighted by Gasteiger charge is 2.05. The van der Waals surface area contributed by atoms with Gasteiger partial charge in [0.25, 0.3) is 0 Å². The van der Waals surface area contributed by atoms with E-state index in [4.69, 9.17) is 5.26 Å². The maximum atomic E-state index is 8.69. The van der Waals surface area contributed by atoms with Gasteiger partial charge in [0.1, 0.15) is 11.8 Å². The third-order valence-corrected chi connectivity index (χ3v) is 2.23. The van der Waals surface area contributed by atoms with Crippen LogP contribution in [-0.4, -0.2) is 9.97 Å². The Hall–Kier alpha value is -1.82. The second-order valence-electron chi connectivity index (χ2n) is 3.62. The Bertz CT molecular complexity index is 503. The summed E-state index contributed by atoms with van der Waals surface area (Å²) in [6, 6.07) is 7.65. The van der Waals surface area contributed by atoms with Crippen LogP contribution in [0.25, 0.3) is 11.0 Å². The summed E-state index contributed by atoms with van der Waals surface area (Å²) in [6.07, 6.45) is 0. The first-order chi connectivity index (χ1) is 6.70. The molecule has 2 aromatic rings. The molecule has 3 nitrogen and oxygen atoms in total. The molecule has 0 amide bonds. The van der Waals surface area contributed by atoms with Crippen molar-refractivity contribution < 1.29 is 0 Å². The lowest BCUT2D eigenvalue weighted by Crippen LogP contribution is -1.84. The first-order valence-electron chi connectivity index (χ1n) is 4.60. The highest BCUT2D eigenvalue weighted by Crippen LogP contribution is 2.19. The van der Waals surface area contributed by atoms with Crippen molar-refractivity contribution in [1.82, 2.24) is 9.97 Å². The molecule has 0 unspecified atom stereocenters. The zero-order valence-electron chi connectivity index (χ0n) is 8.20. The van der Waals surface area contributed by atoms with Crippen LogP contribution in [0.2, 0.25) is 0 Å². The molecule has 2 rings (SSSR count). The quantitative estimate of drug-likeness (QED) is 0.742. The topological polar surface area (TPSA) is 52.5 Å². The van der Waals surface area contributed by atoms with E-state index in [9.17, 15) is 0 Å². The lowest BCUT2D eigenvalue weighted by Gasteiger charge is -1.97. The van der Waals surface area contributed by atoms with Gasteiger partial charge < -0.3 is 4.98 Å². The summed E-state index contributed by atoms with van der Waals surface area (Å²) >= 11 is 0. The first kappa shape index (κ1) is 8.76. The number of hydrogen-bond donors (Lipinski definition) is 1. The van der Waals surface area contributed by atoms with E-state index in [1.807, 2.05) is 18.2 Å². The van der Waals surface area contributed by atoms with E-state index in [-0.39, 0.29) is 0 Å². The van der Waals surface area contributed by atoms with Gasteiger partial charge in [0, 0.05) is 5.69 Å². The Balaban J connectivity index is 2.61. The van der Waals surface area contributed by atoms with Gasteiger partial charge in [-0.3, -0.25) is 0 Å². The Morgan fingerprint density at radius 3 is 2.86 bits per heavy atom. The molecule has 0 aliphatic heterocycles. The van der Waals surface area contributed by atoms with Crippen molar-refractivity contribution in [3.05, 3.63) is 29.6 Å². The molecule has 70 valence electrons. The third kappa shape index (κ3) is 1.35. The number of nitrogens with one attached hydrogen (secondary N) is 1. The van der Waals surface area contributed by atoms with Gasteiger partial charge in [-0.2, -0.15) is 5.26 Å². The van der Waals surface area contributed by atoms with Crippen LogP contribution in [0.5, 0.6) is 0 Å². The van der Waals surface area contributed by atoms with Crippen molar-refractivity contribution in [2.75, 3.05) is 0 Å². The van der Waals surface area contributed by atoms with Crippen LogP contribution in [0.1, 0.15) is 31.2 Å². The number of H-pyrrole nitrogens is 1.